The molecule has 0 bridgehead atoms. The van der Waals surface area contributed by atoms with Crippen molar-refractivity contribution in [3.05, 3.63) is 24.3 Å². The lowest BCUT2D eigenvalue weighted by Gasteiger charge is -2.35. The maximum Gasteiger partial charge on any atom is 0.120 e. The molecular formula is C15H20N2O. The van der Waals surface area contributed by atoms with Crippen LogP contribution in [0, 0.1) is 12.3 Å². The number of hydrogen-bond donors (Lipinski definition) is 0. The Hall–Kier alpha value is -1.66. The van der Waals surface area contributed by atoms with E-state index in [2.05, 4.69) is 27.9 Å². The molecule has 0 N–H and O–H groups in total. The first-order valence-electron chi connectivity index (χ1n) is 6.38. The van der Waals surface area contributed by atoms with E-state index >= 15 is 0 Å². The van der Waals surface area contributed by atoms with Crippen LogP contribution < -0.4 is 9.64 Å². The van der Waals surface area contributed by atoms with Crippen LogP contribution in [0.3, 0.4) is 0 Å². The Balaban J connectivity index is 1.91. The molecule has 2 rings (SSSR count). The first-order chi connectivity index (χ1) is 8.83. The van der Waals surface area contributed by atoms with Gasteiger partial charge in [0.05, 0.1) is 7.11 Å². The number of methoxy groups -OCH3 is 1. The largest absolute Gasteiger partial charge is 0.497 e. The standard InChI is InChI=1S/C15H20N2O/c1-3-4-8-16-9-11-17(12-10-16)14-6-5-7-15(13-14)18-2/h1,5-7,13H,4,8-12H2,2H3. The number of terminal acetylenes is 1. The average Bonchev–Trinajstić information content (AvgIpc) is 2.46. The van der Waals surface area contributed by atoms with E-state index in [1.54, 1.807) is 7.11 Å². The van der Waals surface area contributed by atoms with Gasteiger partial charge in [-0.25, -0.2) is 0 Å². The van der Waals surface area contributed by atoms with Gasteiger partial charge in [-0.1, -0.05) is 6.07 Å². The molecule has 1 heterocycles. The summed E-state index contributed by atoms with van der Waals surface area (Å²) in [5.74, 6) is 3.62. The molecule has 1 aromatic carbocycles. The molecule has 1 aliphatic rings. The molecule has 1 saturated heterocycles. The van der Waals surface area contributed by atoms with Crippen LogP contribution in [0.15, 0.2) is 24.3 Å². The molecule has 0 saturated carbocycles. The number of ether oxygens (including phenoxy) is 1. The van der Waals surface area contributed by atoms with Crippen LogP contribution in [0.4, 0.5) is 5.69 Å². The van der Waals surface area contributed by atoms with Crippen molar-refractivity contribution < 1.29 is 4.74 Å². The zero-order valence-electron chi connectivity index (χ0n) is 10.9. The lowest BCUT2D eigenvalue weighted by Crippen LogP contribution is -2.46. The molecule has 96 valence electrons. The summed E-state index contributed by atoms with van der Waals surface area (Å²) in [6.07, 6.45) is 6.14. The molecule has 1 aliphatic heterocycles. The van der Waals surface area contributed by atoms with Crippen molar-refractivity contribution in [2.24, 2.45) is 0 Å². The lowest BCUT2D eigenvalue weighted by atomic mass is 10.2. The quantitative estimate of drug-likeness (QED) is 0.752. The molecular weight excluding hydrogens is 224 g/mol. The van der Waals surface area contributed by atoms with Crippen molar-refractivity contribution >= 4 is 5.69 Å². The highest BCUT2D eigenvalue weighted by atomic mass is 16.5. The number of benzene rings is 1. The zero-order valence-corrected chi connectivity index (χ0v) is 10.9. The molecule has 0 spiro atoms. The van der Waals surface area contributed by atoms with E-state index in [9.17, 15) is 0 Å². The van der Waals surface area contributed by atoms with Gasteiger partial charge in [-0.15, -0.1) is 12.3 Å². The molecule has 0 unspecified atom stereocenters. The summed E-state index contributed by atoms with van der Waals surface area (Å²) in [5, 5.41) is 0. The van der Waals surface area contributed by atoms with E-state index in [0.717, 1.165) is 44.9 Å². The minimum Gasteiger partial charge on any atom is -0.497 e. The maximum atomic E-state index is 5.30. The molecule has 18 heavy (non-hydrogen) atoms. The molecule has 0 radical (unpaired) electrons. The van der Waals surface area contributed by atoms with Crippen molar-refractivity contribution in [3.63, 3.8) is 0 Å². The van der Waals surface area contributed by atoms with Crippen LogP contribution in [0.25, 0.3) is 0 Å². The molecule has 0 aromatic heterocycles. The summed E-state index contributed by atoms with van der Waals surface area (Å²) in [7, 11) is 1.71. The second-order valence-electron chi connectivity index (χ2n) is 4.48. The van der Waals surface area contributed by atoms with E-state index in [0.29, 0.717) is 0 Å². The van der Waals surface area contributed by atoms with Gasteiger partial charge in [-0.2, -0.15) is 0 Å². The minimum atomic E-state index is 0.846. The predicted octanol–water partition coefficient (Wildman–Crippen LogP) is 1.84. The Bertz CT molecular complexity index is 417. The number of nitrogens with zero attached hydrogens (tertiary/aromatic N) is 2. The van der Waals surface area contributed by atoms with Crippen molar-refractivity contribution in [1.82, 2.24) is 4.90 Å². The second kappa shape index (κ2) is 6.32. The fourth-order valence-corrected chi connectivity index (χ4v) is 2.26. The van der Waals surface area contributed by atoms with Crippen molar-refractivity contribution in [2.45, 2.75) is 6.42 Å². The fourth-order valence-electron chi connectivity index (χ4n) is 2.26. The summed E-state index contributed by atoms with van der Waals surface area (Å²) in [5.41, 5.74) is 1.24. The predicted molar refractivity (Wildman–Crippen MR) is 75.1 cm³/mol. The minimum absolute atomic E-state index is 0.846. The fraction of sp³-hybridized carbons (Fsp3) is 0.467. The van der Waals surface area contributed by atoms with Gasteiger partial charge >= 0.3 is 0 Å². The van der Waals surface area contributed by atoms with Crippen molar-refractivity contribution in [3.8, 4) is 18.1 Å². The second-order valence-corrected chi connectivity index (χ2v) is 4.48. The van der Waals surface area contributed by atoms with Crippen LogP contribution in [0.1, 0.15) is 6.42 Å². The number of piperazine rings is 1. The van der Waals surface area contributed by atoms with Gasteiger partial charge in [0.25, 0.3) is 0 Å². The first kappa shape index (κ1) is 12.8. The monoisotopic (exact) mass is 244 g/mol. The Morgan fingerprint density at radius 2 is 2.06 bits per heavy atom. The Morgan fingerprint density at radius 1 is 1.28 bits per heavy atom. The highest BCUT2D eigenvalue weighted by Gasteiger charge is 2.16. The van der Waals surface area contributed by atoms with E-state index < -0.39 is 0 Å². The van der Waals surface area contributed by atoms with E-state index in [4.69, 9.17) is 11.2 Å². The van der Waals surface area contributed by atoms with E-state index in [-0.39, 0.29) is 0 Å². The molecule has 1 aromatic rings. The third-order valence-corrected chi connectivity index (χ3v) is 3.36. The van der Waals surface area contributed by atoms with Crippen LogP contribution in [-0.2, 0) is 0 Å². The van der Waals surface area contributed by atoms with E-state index in [1.165, 1.54) is 5.69 Å². The normalized spacial score (nSPS) is 16.3. The highest BCUT2D eigenvalue weighted by Crippen LogP contribution is 2.21. The van der Waals surface area contributed by atoms with Gasteiger partial charge in [0, 0.05) is 50.9 Å². The van der Waals surface area contributed by atoms with Gasteiger partial charge < -0.3 is 9.64 Å². The lowest BCUT2D eigenvalue weighted by molar-refractivity contribution is 0.264. The third-order valence-electron chi connectivity index (χ3n) is 3.36. The van der Waals surface area contributed by atoms with Gasteiger partial charge in [-0.05, 0) is 12.1 Å². The number of hydrogen-bond acceptors (Lipinski definition) is 3. The highest BCUT2D eigenvalue weighted by molar-refractivity contribution is 5.51. The van der Waals surface area contributed by atoms with Crippen LogP contribution >= 0.6 is 0 Å². The molecule has 0 amide bonds. The van der Waals surface area contributed by atoms with E-state index in [1.807, 2.05) is 12.1 Å². The zero-order chi connectivity index (χ0) is 12.8. The summed E-state index contributed by atoms with van der Waals surface area (Å²) >= 11 is 0. The van der Waals surface area contributed by atoms with Crippen LogP contribution in [0.5, 0.6) is 5.75 Å². The van der Waals surface area contributed by atoms with Crippen molar-refractivity contribution in [2.75, 3.05) is 44.7 Å². The maximum absolute atomic E-state index is 5.30. The van der Waals surface area contributed by atoms with Crippen LogP contribution in [-0.4, -0.2) is 44.7 Å². The topological polar surface area (TPSA) is 15.7 Å². The average molecular weight is 244 g/mol. The van der Waals surface area contributed by atoms with Gasteiger partial charge in [0.1, 0.15) is 5.75 Å². The first-order valence-corrected chi connectivity index (χ1v) is 6.38. The van der Waals surface area contributed by atoms with Crippen LogP contribution in [0.2, 0.25) is 0 Å². The summed E-state index contributed by atoms with van der Waals surface area (Å²) < 4.78 is 5.26. The number of anilines is 1. The third kappa shape index (κ3) is 3.18. The SMILES string of the molecule is C#CCCN1CCN(c2cccc(OC)c2)CC1. The van der Waals surface area contributed by atoms with Gasteiger partial charge in [-0.3, -0.25) is 4.90 Å². The summed E-state index contributed by atoms with van der Waals surface area (Å²) in [6.45, 7) is 5.29. The summed E-state index contributed by atoms with van der Waals surface area (Å²) in [4.78, 5) is 4.82. The van der Waals surface area contributed by atoms with Crippen molar-refractivity contribution in [1.29, 1.82) is 0 Å². The smallest absolute Gasteiger partial charge is 0.120 e. The molecule has 0 aliphatic carbocycles. The van der Waals surface area contributed by atoms with Gasteiger partial charge in [0.2, 0.25) is 0 Å². The molecule has 1 fully saturated rings. The van der Waals surface area contributed by atoms with Gasteiger partial charge in [0.15, 0.2) is 0 Å². The molecule has 3 nitrogen and oxygen atoms in total. The Kier molecular flexibility index (Phi) is 4.49. The summed E-state index contributed by atoms with van der Waals surface area (Å²) in [6, 6.07) is 8.25. The Morgan fingerprint density at radius 3 is 2.72 bits per heavy atom. The Labute approximate surface area is 109 Å². The number of rotatable bonds is 4. The molecule has 3 heteroatoms. The molecule has 0 atom stereocenters.